The van der Waals surface area contributed by atoms with Crippen LogP contribution in [0.5, 0.6) is 0 Å². The Kier molecular flexibility index (Phi) is 2.45. The topological polar surface area (TPSA) is 0 Å². The van der Waals surface area contributed by atoms with Gasteiger partial charge in [0.05, 0.1) is 0 Å². The Morgan fingerprint density at radius 1 is 1.29 bits per heavy atom. The van der Waals surface area contributed by atoms with Crippen molar-refractivity contribution in [3.8, 4) is 0 Å². The van der Waals surface area contributed by atoms with E-state index in [0.29, 0.717) is 5.92 Å². The lowest BCUT2D eigenvalue weighted by molar-refractivity contribution is 0.753. The lowest BCUT2D eigenvalue weighted by atomic mass is 9.97. The van der Waals surface area contributed by atoms with Gasteiger partial charge in [0.1, 0.15) is 0 Å². The number of aryl methyl sites for hydroxylation is 1. The average Bonchev–Trinajstić information content (AvgIpc) is 2.60. The van der Waals surface area contributed by atoms with Crippen molar-refractivity contribution in [2.24, 2.45) is 5.92 Å². The van der Waals surface area contributed by atoms with Crippen molar-refractivity contribution >= 4 is 6.08 Å². The van der Waals surface area contributed by atoms with Crippen LogP contribution in [-0.4, -0.2) is 0 Å². The summed E-state index contributed by atoms with van der Waals surface area (Å²) in [4.78, 5) is 0. The summed E-state index contributed by atoms with van der Waals surface area (Å²) in [6.07, 6.45) is 4.71. The van der Waals surface area contributed by atoms with E-state index in [-0.39, 0.29) is 0 Å². The van der Waals surface area contributed by atoms with Gasteiger partial charge in [0.15, 0.2) is 0 Å². The minimum Gasteiger partial charge on any atom is -0.0626 e. The molecule has 0 aromatic heterocycles. The number of hydrogen-bond acceptors (Lipinski definition) is 0. The van der Waals surface area contributed by atoms with Crippen molar-refractivity contribution in [2.75, 3.05) is 0 Å². The van der Waals surface area contributed by atoms with Crippen LogP contribution >= 0.6 is 0 Å². The Balaban J connectivity index is 2.39. The third kappa shape index (κ3) is 1.50. The maximum atomic E-state index is 2.37. The first-order chi connectivity index (χ1) is 6.72. The number of fused-ring (bicyclic) bond motifs is 1. The molecule has 1 aromatic rings. The lowest BCUT2D eigenvalue weighted by Gasteiger charge is -2.08. The zero-order valence-electron chi connectivity index (χ0n) is 9.30. The van der Waals surface area contributed by atoms with Crippen molar-refractivity contribution in [1.29, 1.82) is 0 Å². The van der Waals surface area contributed by atoms with E-state index in [0.717, 1.165) is 6.42 Å². The van der Waals surface area contributed by atoms with E-state index in [1.165, 1.54) is 17.5 Å². The van der Waals surface area contributed by atoms with Crippen LogP contribution in [0.1, 0.15) is 37.5 Å². The molecule has 1 aliphatic carbocycles. The van der Waals surface area contributed by atoms with Crippen LogP contribution in [0, 0.1) is 5.92 Å². The van der Waals surface area contributed by atoms with Gasteiger partial charge in [-0.25, -0.2) is 0 Å². The molecule has 0 radical (unpaired) electrons. The van der Waals surface area contributed by atoms with Crippen LogP contribution in [0.3, 0.4) is 0 Å². The summed E-state index contributed by atoms with van der Waals surface area (Å²) >= 11 is 0. The zero-order valence-corrected chi connectivity index (χ0v) is 9.30. The largest absolute Gasteiger partial charge is 0.0626 e. The normalized spacial score (nSPS) is 14.4. The molecule has 0 unspecified atom stereocenters. The Morgan fingerprint density at radius 3 is 2.71 bits per heavy atom. The third-order valence-electron chi connectivity index (χ3n) is 3.15. The molecule has 0 heteroatoms. The van der Waals surface area contributed by atoms with E-state index in [2.05, 4.69) is 45.0 Å². The van der Waals surface area contributed by atoms with Gasteiger partial charge in [-0.2, -0.15) is 0 Å². The number of rotatable bonds is 2. The molecule has 14 heavy (non-hydrogen) atoms. The Bertz CT molecular complexity index is 370. The summed E-state index contributed by atoms with van der Waals surface area (Å²) in [7, 11) is 0. The second-order valence-corrected chi connectivity index (χ2v) is 4.39. The predicted octanol–water partition coefficient (Wildman–Crippen LogP) is 3.84. The fraction of sp³-hybridized carbons (Fsp3) is 0.429. The van der Waals surface area contributed by atoms with Crippen LogP contribution < -0.4 is 0 Å². The van der Waals surface area contributed by atoms with Crippen LogP contribution in [0.15, 0.2) is 23.8 Å². The minimum atomic E-state index is 0.687. The Labute approximate surface area is 86.7 Å². The van der Waals surface area contributed by atoms with Crippen LogP contribution in [0.25, 0.3) is 6.08 Å². The molecule has 0 saturated heterocycles. The summed E-state index contributed by atoms with van der Waals surface area (Å²) in [6.45, 7) is 6.80. The molecule has 0 amide bonds. The predicted molar refractivity (Wildman–Crippen MR) is 62.3 cm³/mol. The number of benzene rings is 1. The van der Waals surface area contributed by atoms with Gasteiger partial charge in [-0.1, -0.05) is 50.6 Å². The van der Waals surface area contributed by atoms with Gasteiger partial charge >= 0.3 is 0 Å². The third-order valence-corrected chi connectivity index (χ3v) is 3.15. The van der Waals surface area contributed by atoms with Crippen molar-refractivity contribution in [1.82, 2.24) is 0 Å². The maximum Gasteiger partial charge on any atom is -0.00525 e. The first-order valence-electron chi connectivity index (χ1n) is 5.53. The molecule has 0 atom stereocenters. The van der Waals surface area contributed by atoms with Crippen molar-refractivity contribution in [3.05, 3.63) is 40.5 Å². The van der Waals surface area contributed by atoms with E-state index in [1.54, 1.807) is 11.1 Å². The summed E-state index contributed by atoms with van der Waals surface area (Å²) in [5.74, 6) is 0.687. The molecule has 0 fully saturated rings. The molecular weight excluding hydrogens is 168 g/mol. The highest BCUT2D eigenvalue weighted by Crippen LogP contribution is 2.31. The monoisotopic (exact) mass is 186 g/mol. The van der Waals surface area contributed by atoms with E-state index in [4.69, 9.17) is 0 Å². The standard InChI is InChI=1S/C14H18/c1-4-11-6-5-7-12-8-13(10(2)3)9-14(11)12/h5-8,10H,4,9H2,1-3H3. The smallest absolute Gasteiger partial charge is 0.00525 e. The lowest BCUT2D eigenvalue weighted by Crippen LogP contribution is -1.96. The molecular formula is C14H18. The van der Waals surface area contributed by atoms with Gasteiger partial charge in [0.25, 0.3) is 0 Å². The molecule has 0 aliphatic heterocycles. The summed E-state index contributed by atoms with van der Waals surface area (Å²) in [6, 6.07) is 6.68. The highest BCUT2D eigenvalue weighted by Gasteiger charge is 2.16. The molecule has 0 heterocycles. The van der Waals surface area contributed by atoms with Crippen molar-refractivity contribution in [2.45, 2.75) is 33.6 Å². The van der Waals surface area contributed by atoms with E-state index in [1.807, 2.05) is 0 Å². The average molecular weight is 186 g/mol. The van der Waals surface area contributed by atoms with Crippen LogP contribution in [-0.2, 0) is 12.8 Å². The van der Waals surface area contributed by atoms with Gasteiger partial charge in [-0.05, 0) is 35.4 Å². The van der Waals surface area contributed by atoms with Gasteiger partial charge in [0, 0.05) is 0 Å². The molecule has 0 N–H and O–H groups in total. The number of hydrogen-bond donors (Lipinski definition) is 0. The van der Waals surface area contributed by atoms with E-state index in [9.17, 15) is 0 Å². The van der Waals surface area contributed by atoms with Gasteiger partial charge in [-0.3, -0.25) is 0 Å². The van der Waals surface area contributed by atoms with E-state index < -0.39 is 0 Å². The maximum absolute atomic E-state index is 2.37. The summed E-state index contributed by atoms with van der Waals surface area (Å²) < 4.78 is 0. The first-order valence-corrected chi connectivity index (χ1v) is 5.53. The fourth-order valence-corrected chi connectivity index (χ4v) is 2.16. The van der Waals surface area contributed by atoms with Gasteiger partial charge in [0.2, 0.25) is 0 Å². The second kappa shape index (κ2) is 3.61. The molecule has 0 spiro atoms. The highest BCUT2D eigenvalue weighted by molar-refractivity contribution is 5.65. The summed E-state index contributed by atoms with van der Waals surface area (Å²) in [5, 5.41) is 0. The quantitative estimate of drug-likeness (QED) is 0.658. The second-order valence-electron chi connectivity index (χ2n) is 4.39. The van der Waals surface area contributed by atoms with E-state index >= 15 is 0 Å². The zero-order chi connectivity index (χ0) is 10.1. The Hall–Kier alpha value is -1.04. The minimum absolute atomic E-state index is 0.687. The van der Waals surface area contributed by atoms with Crippen molar-refractivity contribution in [3.63, 3.8) is 0 Å². The van der Waals surface area contributed by atoms with Gasteiger partial charge in [-0.15, -0.1) is 0 Å². The molecule has 2 rings (SSSR count). The SMILES string of the molecule is CCc1cccc2c1CC(C(C)C)=C2. The molecule has 0 saturated carbocycles. The first kappa shape index (κ1) is 9.51. The highest BCUT2D eigenvalue weighted by atomic mass is 14.2. The van der Waals surface area contributed by atoms with Crippen LogP contribution in [0.4, 0.5) is 0 Å². The van der Waals surface area contributed by atoms with Gasteiger partial charge < -0.3 is 0 Å². The Morgan fingerprint density at radius 2 is 2.07 bits per heavy atom. The molecule has 74 valence electrons. The molecule has 1 aromatic carbocycles. The molecule has 0 nitrogen and oxygen atoms in total. The fourth-order valence-electron chi connectivity index (χ4n) is 2.16. The molecule has 1 aliphatic rings. The van der Waals surface area contributed by atoms with Crippen molar-refractivity contribution < 1.29 is 0 Å². The number of allylic oxidation sites excluding steroid dienone is 1. The molecule has 0 bridgehead atoms. The van der Waals surface area contributed by atoms with Crippen LogP contribution in [0.2, 0.25) is 0 Å². The summed E-state index contributed by atoms with van der Waals surface area (Å²) in [5.41, 5.74) is 6.13.